The summed E-state index contributed by atoms with van der Waals surface area (Å²) in [4.78, 5) is 21.4. The molecule has 0 atom stereocenters. The van der Waals surface area contributed by atoms with Gasteiger partial charge in [0.15, 0.2) is 5.75 Å². The minimum atomic E-state index is -0.866. The molecule has 1 N–H and O–H groups in total. The minimum Gasteiger partial charge on any atom is -0.487 e. The summed E-state index contributed by atoms with van der Waals surface area (Å²) in [5, 5.41) is 19.3. The van der Waals surface area contributed by atoms with Gasteiger partial charge in [-0.15, -0.1) is 11.8 Å². The Kier molecular flexibility index (Phi) is 5.44. The van der Waals surface area contributed by atoms with E-state index in [9.17, 15) is 14.9 Å². The molecule has 0 amide bonds. The number of carboxylic acid groups (broad SMARTS) is 1. The fraction of sp³-hybridized carbons (Fsp3) is 0.364. The molecule has 0 bridgehead atoms. The molecule has 0 aliphatic carbocycles. The Balaban J connectivity index is 2.79. The smallest absolute Gasteiger partial charge is 0.310 e. The molecule has 0 saturated carbocycles. The molecule has 0 aliphatic heterocycles. The van der Waals surface area contributed by atoms with Gasteiger partial charge in [-0.2, -0.15) is 0 Å². The first kappa shape index (κ1) is 14.3. The Morgan fingerprint density at radius 2 is 2.28 bits per heavy atom. The predicted molar refractivity (Wildman–Crippen MR) is 67.2 cm³/mol. The van der Waals surface area contributed by atoms with E-state index in [1.165, 1.54) is 17.8 Å². The number of thioether (sulfide) groups is 1. The van der Waals surface area contributed by atoms with Crippen molar-refractivity contribution in [3.63, 3.8) is 0 Å². The van der Waals surface area contributed by atoms with Gasteiger partial charge in [-0.05, 0) is 13.0 Å². The summed E-state index contributed by atoms with van der Waals surface area (Å²) in [6.45, 7) is 2.08. The number of rotatable bonds is 7. The fourth-order valence-electron chi connectivity index (χ4n) is 1.26. The van der Waals surface area contributed by atoms with Crippen molar-refractivity contribution in [1.29, 1.82) is 0 Å². The highest BCUT2D eigenvalue weighted by Gasteiger charge is 2.15. The van der Waals surface area contributed by atoms with Gasteiger partial charge in [0.25, 0.3) is 0 Å². The lowest BCUT2D eigenvalue weighted by molar-refractivity contribution is -0.385. The summed E-state index contributed by atoms with van der Waals surface area (Å²) >= 11 is 1.33. The van der Waals surface area contributed by atoms with E-state index in [0.29, 0.717) is 12.4 Å². The van der Waals surface area contributed by atoms with Crippen LogP contribution >= 0.6 is 11.8 Å². The molecule has 0 aliphatic rings. The molecule has 1 rings (SSSR count). The number of hydrogen-bond acceptors (Lipinski definition) is 5. The van der Waals surface area contributed by atoms with Crippen LogP contribution in [0.2, 0.25) is 0 Å². The van der Waals surface area contributed by atoms with Gasteiger partial charge in [0.2, 0.25) is 0 Å². The van der Waals surface area contributed by atoms with Gasteiger partial charge in [-0.1, -0.05) is 0 Å². The number of benzene rings is 1. The lowest BCUT2D eigenvalue weighted by atomic mass is 10.3. The minimum absolute atomic E-state index is 0.0472. The van der Waals surface area contributed by atoms with Gasteiger partial charge in [0.05, 0.1) is 18.0 Å². The highest BCUT2D eigenvalue weighted by Crippen LogP contribution is 2.32. The number of hydrogen-bond donors (Lipinski definition) is 1. The largest absolute Gasteiger partial charge is 0.487 e. The SMILES string of the molecule is CCOc1cc(SCCC(=O)O)ccc1[N+](=O)[O-]. The summed E-state index contributed by atoms with van der Waals surface area (Å²) in [5.41, 5.74) is -0.0839. The molecule has 0 radical (unpaired) electrons. The summed E-state index contributed by atoms with van der Waals surface area (Å²) < 4.78 is 5.20. The lowest BCUT2D eigenvalue weighted by Gasteiger charge is -2.06. The van der Waals surface area contributed by atoms with Crippen LogP contribution < -0.4 is 4.74 Å². The first-order valence-electron chi connectivity index (χ1n) is 5.30. The molecule has 18 heavy (non-hydrogen) atoms. The Hall–Kier alpha value is -1.76. The third-order valence-corrected chi connectivity index (χ3v) is 3.01. The van der Waals surface area contributed by atoms with E-state index in [1.807, 2.05) is 0 Å². The van der Waals surface area contributed by atoms with Gasteiger partial charge in [0, 0.05) is 22.8 Å². The van der Waals surface area contributed by atoms with Crippen LogP contribution in [-0.4, -0.2) is 28.4 Å². The molecule has 0 saturated heterocycles. The van der Waals surface area contributed by atoms with Crippen molar-refractivity contribution in [3.05, 3.63) is 28.3 Å². The third-order valence-electron chi connectivity index (χ3n) is 2.01. The van der Waals surface area contributed by atoms with Crippen molar-refractivity contribution in [2.45, 2.75) is 18.2 Å². The van der Waals surface area contributed by atoms with E-state index < -0.39 is 10.9 Å². The highest BCUT2D eigenvalue weighted by molar-refractivity contribution is 7.99. The maximum Gasteiger partial charge on any atom is 0.310 e. The average Bonchev–Trinajstić information content (AvgIpc) is 2.29. The zero-order valence-corrected chi connectivity index (χ0v) is 10.6. The van der Waals surface area contributed by atoms with Crippen LogP contribution in [0.4, 0.5) is 5.69 Å². The number of carboxylic acids is 1. The first-order valence-corrected chi connectivity index (χ1v) is 6.29. The number of nitro benzene ring substituents is 1. The maximum atomic E-state index is 10.8. The van der Waals surface area contributed by atoms with Gasteiger partial charge in [0.1, 0.15) is 0 Å². The van der Waals surface area contributed by atoms with Crippen LogP contribution in [0.25, 0.3) is 0 Å². The van der Waals surface area contributed by atoms with Gasteiger partial charge < -0.3 is 9.84 Å². The van der Waals surface area contributed by atoms with Crippen molar-refractivity contribution in [2.75, 3.05) is 12.4 Å². The highest BCUT2D eigenvalue weighted by atomic mass is 32.2. The number of carbonyl (C=O) groups is 1. The van der Waals surface area contributed by atoms with E-state index in [0.717, 1.165) is 4.90 Å². The molecule has 1 aromatic carbocycles. The molecular weight excluding hydrogens is 258 g/mol. The Labute approximate surface area is 108 Å². The fourth-order valence-corrected chi connectivity index (χ4v) is 2.13. The van der Waals surface area contributed by atoms with Crippen LogP contribution in [0, 0.1) is 10.1 Å². The molecule has 0 aromatic heterocycles. The standard InChI is InChI=1S/C11H13NO5S/c1-2-17-10-7-8(18-6-5-11(13)14)3-4-9(10)12(15)16/h3-4,7H,2,5-6H2,1H3,(H,13,14). The molecule has 1 aromatic rings. The molecule has 7 heteroatoms. The molecule has 6 nitrogen and oxygen atoms in total. The van der Waals surface area contributed by atoms with Crippen LogP contribution in [0.3, 0.4) is 0 Å². The number of nitro groups is 1. The van der Waals surface area contributed by atoms with Crippen molar-refractivity contribution in [2.24, 2.45) is 0 Å². The van der Waals surface area contributed by atoms with Gasteiger partial charge in [-0.3, -0.25) is 14.9 Å². The first-order chi connectivity index (χ1) is 8.54. The zero-order chi connectivity index (χ0) is 13.5. The number of ether oxygens (including phenoxy) is 1. The Bertz CT molecular complexity index is 449. The molecule has 0 unspecified atom stereocenters. The topological polar surface area (TPSA) is 89.7 Å². The lowest BCUT2D eigenvalue weighted by Crippen LogP contribution is -1.98. The van der Waals surface area contributed by atoms with Gasteiger partial charge in [-0.25, -0.2) is 0 Å². The Morgan fingerprint density at radius 3 is 2.83 bits per heavy atom. The van der Waals surface area contributed by atoms with Crippen LogP contribution in [0.15, 0.2) is 23.1 Å². The van der Waals surface area contributed by atoms with Crippen molar-refractivity contribution >= 4 is 23.4 Å². The quantitative estimate of drug-likeness (QED) is 0.465. The molecule has 98 valence electrons. The molecule has 0 heterocycles. The second-order valence-electron chi connectivity index (χ2n) is 3.31. The summed E-state index contributed by atoms with van der Waals surface area (Å²) in [7, 11) is 0. The van der Waals surface area contributed by atoms with E-state index in [1.54, 1.807) is 19.1 Å². The Morgan fingerprint density at radius 1 is 1.56 bits per heavy atom. The van der Waals surface area contributed by atoms with Crippen LogP contribution in [0.5, 0.6) is 5.75 Å². The monoisotopic (exact) mass is 271 g/mol. The third kappa shape index (κ3) is 4.25. The van der Waals surface area contributed by atoms with Crippen LogP contribution in [0.1, 0.15) is 13.3 Å². The van der Waals surface area contributed by atoms with E-state index >= 15 is 0 Å². The maximum absolute atomic E-state index is 10.8. The van der Waals surface area contributed by atoms with E-state index in [4.69, 9.17) is 9.84 Å². The van der Waals surface area contributed by atoms with Crippen molar-refractivity contribution in [1.82, 2.24) is 0 Å². The van der Waals surface area contributed by atoms with Crippen molar-refractivity contribution < 1.29 is 19.6 Å². The summed E-state index contributed by atoms with van der Waals surface area (Å²) in [6.07, 6.45) is 0.0472. The van der Waals surface area contributed by atoms with Crippen LogP contribution in [-0.2, 0) is 4.79 Å². The average molecular weight is 271 g/mol. The molecule has 0 fully saturated rings. The summed E-state index contributed by atoms with van der Waals surface area (Å²) in [6, 6.07) is 4.52. The number of nitrogens with zero attached hydrogens (tertiary/aromatic N) is 1. The zero-order valence-electron chi connectivity index (χ0n) is 9.79. The van der Waals surface area contributed by atoms with Gasteiger partial charge >= 0.3 is 11.7 Å². The summed E-state index contributed by atoms with van der Waals surface area (Å²) in [5.74, 6) is -0.240. The van der Waals surface area contributed by atoms with E-state index in [2.05, 4.69) is 0 Å². The second kappa shape index (κ2) is 6.85. The normalized spacial score (nSPS) is 10.1. The molecule has 0 spiro atoms. The number of aliphatic carboxylic acids is 1. The molecular formula is C11H13NO5S. The van der Waals surface area contributed by atoms with Crippen molar-refractivity contribution in [3.8, 4) is 5.75 Å². The van der Waals surface area contributed by atoms with E-state index in [-0.39, 0.29) is 17.9 Å². The second-order valence-corrected chi connectivity index (χ2v) is 4.48. The predicted octanol–water partition coefficient (Wildman–Crippen LogP) is 2.56.